The van der Waals surface area contributed by atoms with E-state index < -0.39 is 0 Å². The van der Waals surface area contributed by atoms with E-state index in [0.29, 0.717) is 0 Å². The van der Waals surface area contributed by atoms with Crippen LogP contribution < -0.4 is 0 Å². The molecule has 212 valence electrons. The molecule has 2 nitrogen and oxygen atoms in total. The number of fused-ring (bicyclic) bond motifs is 6. The van der Waals surface area contributed by atoms with E-state index in [1.165, 1.54) is 82.4 Å². The Balaban J connectivity index is 1.39. The molecule has 0 amide bonds. The molecular weight excluding hydrogens is 544 g/mol. The molecule has 1 aliphatic rings. The summed E-state index contributed by atoms with van der Waals surface area (Å²) in [6.07, 6.45) is 5.47. The molecule has 0 N–H and O–H groups in total. The van der Waals surface area contributed by atoms with Crippen molar-refractivity contribution in [2.24, 2.45) is 0 Å². The number of aromatic nitrogens is 2. The highest BCUT2D eigenvalue weighted by Gasteiger charge is 2.35. The van der Waals surface area contributed by atoms with Crippen molar-refractivity contribution < 1.29 is 0 Å². The van der Waals surface area contributed by atoms with E-state index in [1.807, 2.05) is 12.4 Å². The molecule has 1 aliphatic carbocycles. The van der Waals surface area contributed by atoms with Crippen molar-refractivity contribution in [3.63, 3.8) is 0 Å². The van der Waals surface area contributed by atoms with Crippen molar-refractivity contribution in [3.8, 4) is 44.5 Å². The maximum absolute atomic E-state index is 4.42. The molecule has 0 unspecified atom stereocenters. The molecule has 8 aromatic rings. The molecule has 0 saturated carbocycles. The lowest BCUT2D eigenvalue weighted by molar-refractivity contribution is 0.660. The van der Waals surface area contributed by atoms with E-state index in [9.17, 15) is 0 Å². The summed E-state index contributed by atoms with van der Waals surface area (Å²) >= 11 is 0. The first-order valence-electron chi connectivity index (χ1n) is 15.6. The lowest BCUT2D eigenvalue weighted by atomic mass is 9.80. The highest BCUT2D eigenvalue weighted by molar-refractivity contribution is 6.22. The lowest BCUT2D eigenvalue weighted by Crippen LogP contribution is -2.14. The van der Waals surface area contributed by atoms with Crippen LogP contribution in [0.1, 0.15) is 25.0 Å². The van der Waals surface area contributed by atoms with Crippen LogP contribution in [0, 0.1) is 0 Å². The van der Waals surface area contributed by atoms with Gasteiger partial charge in [-0.15, -0.1) is 0 Å². The monoisotopic (exact) mass is 574 g/mol. The first-order valence-corrected chi connectivity index (χ1v) is 15.6. The first-order chi connectivity index (χ1) is 22.1. The Labute approximate surface area is 262 Å². The van der Waals surface area contributed by atoms with Crippen LogP contribution in [-0.2, 0) is 5.41 Å². The van der Waals surface area contributed by atoms with Crippen molar-refractivity contribution in [3.05, 3.63) is 157 Å². The van der Waals surface area contributed by atoms with Gasteiger partial charge in [0.2, 0.25) is 0 Å². The van der Waals surface area contributed by atoms with E-state index in [1.54, 1.807) is 6.33 Å². The fraction of sp³-hybridized carbons (Fsp3) is 0.0698. The summed E-state index contributed by atoms with van der Waals surface area (Å²) in [6.45, 7) is 4.71. The van der Waals surface area contributed by atoms with Crippen LogP contribution in [0.5, 0.6) is 0 Å². The molecule has 0 radical (unpaired) electrons. The van der Waals surface area contributed by atoms with Gasteiger partial charge in [-0.3, -0.25) is 0 Å². The van der Waals surface area contributed by atoms with Crippen molar-refractivity contribution in [2.75, 3.05) is 0 Å². The van der Waals surface area contributed by atoms with Crippen molar-refractivity contribution in [1.29, 1.82) is 0 Å². The van der Waals surface area contributed by atoms with Gasteiger partial charge in [0, 0.05) is 28.9 Å². The molecule has 1 aromatic heterocycles. The van der Waals surface area contributed by atoms with Crippen molar-refractivity contribution in [2.45, 2.75) is 19.3 Å². The van der Waals surface area contributed by atoms with Crippen LogP contribution in [0.15, 0.2) is 146 Å². The smallest absolute Gasteiger partial charge is 0.115 e. The Morgan fingerprint density at radius 2 is 1.02 bits per heavy atom. The molecule has 9 rings (SSSR count). The Morgan fingerprint density at radius 3 is 1.84 bits per heavy atom. The Morgan fingerprint density at radius 1 is 0.422 bits per heavy atom. The van der Waals surface area contributed by atoms with Gasteiger partial charge in [-0.25, -0.2) is 9.97 Å². The van der Waals surface area contributed by atoms with Crippen LogP contribution in [-0.4, -0.2) is 9.97 Å². The zero-order valence-electron chi connectivity index (χ0n) is 25.3. The molecule has 0 saturated heterocycles. The van der Waals surface area contributed by atoms with Crippen LogP contribution in [0.3, 0.4) is 0 Å². The third-order valence-electron chi connectivity index (χ3n) is 9.85. The first kappa shape index (κ1) is 25.9. The van der Waals surface area contributed by atoms with Gasteiger partial charge < -0.3 is 0 Å². The summed E-state index contributed by atoms with van der Waals surface area (Å²) in [5.41, 5.74) is 12.5. The molecule has 0 fully saturated rings. The summed E-state index contributed by atoms with van der Waals surface area (Å²) in [5.74, 6) is 0. The molecular formula is C43H30N2. The summed E-state index contributed by atoms with van der Waals surface area (Å²) in [6, 6.07) is 47.0. The van der Waals surface area contributed by atoms with Gasteiger partial charge in [0.15, 0.2) is 0 Å². The van der Waals surface area contributed by atoms with Gasteiger partial charge >= 0.3 is 0 Å². The predicted octanol–water partition coefficient (Wildman–Crippen LogP) is 11.2. The zero-order valence-corrected chi connectivity index (χ0v) is 25.3. The van der Waals surface area contributed by atoms with E-state index in [-0.39, 0.29) is 5.41 Å². The predicted molar refractivity (Wildman–Crippen MR) is 188 cm³/mol. The van der Waals surface area contributed by atoms with Crippen LogP contribution in [0.4, 0.5) is 0 Å². The van der Waals surface area contributed by atoms with Crippen molar-refractivity contribution in [1.82, 2.24) is 9.97 Å². The average Bonchev–Trinajstić information content (AvgIpc) is 3.32. The van der Waals surface area contributed by atoms with Crippen LogP contribution in [0.25, 0.3) is 76.8 Å². The molecule has 0 atom stereocenters. The topological polar surface area (TPSA) is 25.8 Å². The van der Waals surface area contributed by atoms with E-state index >= 15 is 0 Å². The van der Waals surface area contributed by atoms with E-state index in [2.05, 4.69) is 151 Å². The molecule has 7 aromatic carbocycles. The number of nitrogens with zero attached hydrogens (tertiary/aromatic N) is 2. The Hall–Kier alpha value is -5.60. The molecule has 0 spiro atoms. The third kappa shape index (κ3) is 3.82. The summed E-state index contributed by atoms with van der Waals surface area (Å²) in [7, 11) is 0. The van der Waals surface area contributed by atoms with E-state index in [4.69, 9.17) is 0 Å². The average molecular weight is 575 g/mol. The number of rotatable bonds is 3. The van der Waals surface area contributed by atoms with Gasteiger partial charge in [-0.2, -0.15) is 0 Å². The van der Waals surface area contributed by atoms with Gasteiger partial charge in [0.1, 0.15) is 6.33 Å². The standard InChI is InChI=1S/C43H30N2/c1-43(2)39-17-8-7-13-33(39)34-20-19-29(23-40(34)43)41-35-14-5-6-15-36(35)42(30-24-44-26-45-25-30)37-21-18-28(22-38(37)41)32-16-9-11-27-10-3-4-12-31(27)32/h3-26H,1-2H3. The Bertz CT molecular complexity index is 2450. The van der Waals surface area contributed by atoms with Gasteiger partial charge in [0.25, 0.3) is 0 Å². The quantitative estimate of drug-likeness (QED) is 0.196. The second kappa shape index (κ2) is 9.70. The van der Waals surface area contributed by atoms with Crippen molar-refractivity contribution >= 4 is 32.3 Å². The maximum Gasteiger partial charge on any atom is 0.115 e. The minimum absolute atomic E-state index is 0.0804. The SMILES string of the molecule is CC1(C)c2ccccc2-c2ccc(-c3c4ccccc4c(-c4cncnc4)c4ccc(-c5cccc6ccccc56)cc34)cc21. The number of benzene rings is 7. The second-order valence-corrected chi connectivity index (χ2v) is 12.6. The normalized spacial score (nSPS) is 13.3. The molecule has 0 aliphatic heterocycles. The largest absolute Gasteiger partial charge is 0.244 e. The van der Waals surface area contributed by atoms with E-state index in [0.717, 1.165) is 5.56 Å². The Kier molecular flexibility index (Phi) is 5.58. The summed E-state index contributed by atoms with van der Waals surface area (Å²) in [5, 5.41) is 7.37. The summed E-state index contributed by atoms with van der Waals surface area (Å²) in [4.78, 5) is 8.84. The molecule has 0 bridgehead atoms. The fourth-order valence-corrected chi connectivity index (χ4v) is 7.73. The van der Waals surface area contributed by atoms with Gasteiger partial charge in [0.05, 0.1) is 0 Å². The molecule has 1 heterocycles. The number of hydrogen-bond donors (Lipinski definition) is 0. The molecule has 45 heavy (non-hydrogen) atoms. The van der Waals surface area contributed by atoms with Crippen LogP contribution in [0.2, 0.25) is 0 Å². The number of hydrogen-bond acceptors (Lipinski definition) is 2. The lowest BCUT2D eigenvalue weighted by Gasteiger charge is -2.23. The fourth-order valence-electron chi connectivity index (χ4n) is 7.73. The minimum atomic E-state index is -0.0804. The van der Waals surface area contributed by atoms with Crippen LogP contribution >= 0.6 is 0 Å². The second-order valence-electron chi connectivity index (χ2n) is 12.6. The highest BCUT2D eigenvalue weighted by Crippen LogP contribution is 2.51. The highest BCUT2D eigenvalue weighted by atomic mass is 14.8. The zero-order chi connectivity index (χ0) is 30.1. The third-order valence-corrected chi connectivity index (χ3v) is 9.85. The summed E-state index contributed by atoms with van der Waals surface area (Å²) < 4.78 is 0. The van der Waals surface area contributed by atoms with Gasteiger partial charge in [-0.1, -0.05) is 129 Å². The molecule has 2 heteroatoms. The minimum Gasteiger partial charge on any atom is -0.244 e. The van der Waals surface area contributed by atoms with Gasteiger partial charge in [-0.05, 0) is 89.0 Å². The maximum atomic E-state index is 4.42.